The highest BCUT2D eigenvalue weighted by Crippen LogP contribution is 2.20. The maximum Gasteiger partial charge on any atom is 0.245 e. The summed E-state index contributed by atoms with van der Waals surface area (Å²) in [5, 5.41) is 0. The predicted molar refractivity (Wildman–Crippen MR) is 65.1 cm³/mol. The summed E-state index contributed by atoms with van der Waals surface area (Å²) in [6.45, 7) is 5.84. The van der Waals surface area contributed by atoms with Crippen LogP contribution in [0.4, 0.5) is 5.82 Å². The fourth-order valence-electron chi connectivity index (χ4n) is 1.24. The average molecular weight is 221 g/mol. The second-order valence-corrected chi connectivity index (χ2v) is 4.93. The van der Waals surface area contributed by atoms with Crippen molar-refractivity contribution in [2.24, 2.45) is 11.1 Å². The molecule has 1 amide bonds. The minimum absolute atomic E-state index is 0.119. The second-order valence-electron chi connectivity index (χ2n) is 4.93. The number of carbonyl (C=O) groups is 1. The largest absolute Gasteiger partial charge is 0.319 e. The molecule has 0 saturated heterocycles. The molecule has 1 aromatic heterocycles. The Morgan fingerprint density at radius 3 is 2.50 bits per heavy atom. The maximum absolute atomic E-state index is 12.1. The summed E-state index contributed by atoms with van der Waals surface area (Å²) in [4.78, 5) is 17.7. The van der Waals surface area contributed by atoms with Crippen LogP contribution in [0.3, 0.4) is 0 Å². The molecule has 88 valence electrons. The van der Waals surface area contributed by atoms with Gasteiger partial charge in [0, 0.05) is 13.2 Å². The van der Waals surface area contributed by atoms with Gasteiger partial charge in [-0.15, -0.1) is 0 Å². The third-order valence-corrected chi connectivity index (χ3v) is 2.52. The van der Waals surface area contributed by atoms with E-state index in [1.807, 2.05) is 32.9 Å². The van der Waals surface area contributed by atoms with E-state index in [-0.39, 0.29) is 11.3 Å². The number of amides is 1. The van der Waals surface area contributed by atoms with Gasteiger partial charge in [-0.05, 0) is 17.5 Å². The van der Waals surface area contributed by atoms with Crippen LogP contribution < -0.4 is 10.6 Å². The third kappa shape index (κ3) is 2.79. The van der Waals surface area contributed by atoms with Crippen molar-refractivity contribution in [1.82, 2.24) is 4.98 Å². The molecule has 16 heavy (non-hydrogen) atoms. The molecule has 1 aromatic rings. The molecule has 0 aliphatic carbocycles. The van der Waals surface area contributed by atoms with E-state index in [0.717, 1.165) is 0 Å². The minimum atomic E-state index is -0.528. The fraction of sp³-hybridized carbons (Fsp3) is 0.500. The first kappa shape index (κ1) is 12.6. The van der Waals surface area contributed by atoms with Gasteiger partial charge in [-0.3, -0.25) is 9.69 Å². The van der Waals surface area contributed by atoms with Crippen molar-refractivity contribution < 1.29 is 4.79 Å². The highest BCUT2D eigenvalue weighted by atomic mass is 16.2. The molecule has 4 nitrogen and oxygen atoms in total. The standard InChI is InChI=1S/C12H19N3O/c1-12(2,3)10(13)11(16)15(4)9-7-5-6-8-14-9/h5-8,10H,13H2,1-4H3. The summed E-state index contributed by atoms with van der Waals surface area (Å²) in [5.74, 6) is 0.499. The Kier molecular flexibility index (Phi) is 3.65. The molecule has 0 spiro atoms. The second kappa shape index (κ2) is 4.61. The third-order valence-electron chi connectivity index (χ3n) is 2.52. The van der Waals surface area contributed by atoms with Crippen LogP contribution in [0.2, 0.25) is 0 Å². The lowest BCUT2D eigenvalue weighted by molar-refractivity contribution is -0.121. The SMILES string of the molecule is CN(C(=O)C(N)C(C)(C)C)c1ccccn1. The average Bonchev–Trinajstić information content (AvgIpc) is 2.26. The highest BCUT2D eigenvalue weighted by molar-refractivity contribution is 5.96. The molecule has 0 radical (unpaired) electrons. The monoisotopic (exact) mass is 221 g/mol. The number of hydrogen-bond donors (Lipinski definition) is 1. The smallest absolute Gasteiger partial charge is 0.245 e. The highest BCUT2D eigenvalue weighted by Gasteiger charge is 2.30. The molecule has 4 heteroatoms. The Labute approximate surface area is 96.5 Å². The van der Waals surface area contributed by atoms with Crippen LogP contribution in [0.25, 0.3) is 0 Å². The first-order valence-electron chi connectivity index (χ1n) is 5.28. The number of nitrogens with two attached hydrogens (primary N) is 1. The molecule has 1 heterocycles. The molecule has 1 unspecified atom stereocenters. The van der Waals surface area contributed by atoms with Crippen LogP contribution in [-0.2, 0) is 4.79 Å². The first-order valence-corrected chi connectivity index (χ1v) is 5.28. The number of rotatable bonds is 2. The van der Waals surface area contributed by atoms with E-state index >= 15 is 0 Å². The summed E-state index contributed by atoms with van der Waals surface area (Å²) in [7, 11) is 1.69. The number of anilines is 1. The van der Waals surface area contributed by atoms with Gasteiger partial charge in [-0.1, -0.05) is 26.8 Å². The molecule has 0 aliphatic heterocycles. The van der Waals surface area contributed by atoms with E-state index in [4.69, 9.17) is 5.73 Å². The summed E-state index contributed by atoms with van der Waals surface area (Å²) < 4.78 is 0. The van der Waals surface area contributed by atoms with E-state index in [1.165, 1.54) is 4.90 Å². The van der Waals surface area contributed by atoms with Crippen molar-refractivity contribution in [3.8, 4) is 0 Å². The van der Waals surface area contributed by atoms with E-state index in [1.54, 1.807) is 19.3 Å². The number of carbonyl (C=O) groups excluding carboxylic acids is 1. The number of pyridine rings is 1. The van der Waals surface area contributed by atoms with Crippen molar-refractivity contribution in [2.75, 3.05) is 11.9 Å². The Bertz CT molecular complexity index is 356. The van der Waals surface area contributed by atoms with Crippen molar-refractivity contribution in [1.29, 1.82) is 0 Å². The van der Waals surface area contributed by atoms with Gasteiger partial charge >= 0.3 is 0 Å². The zero-order valence-corrected chi connectivity index (χ0v) is 10.3. The van der Waals surface area contributed by atoms with Gasteiger partial charge in [0.05, 0.1) is 6.04 Å². The van der Waals surface area contributed by atoms with E-state index in [2.05, 4.69) is 4.98 Å². The Morgan fingerprint density at radius 1 is 1.44 bits per heavy atom. The van der Waals surface area contributed by atoms with Gasteiger partial charge in [0.25, 0.3) is 0 Å². The molecular weight excluding hydrogens is 202 g/mol. The Morgan fingerprint density at radius 2 is 2.06 bits per heavy atom. The van der Waals surface area contributed by atoms with Crippen molar-refractivity contribution in [3.05, 3.63) is 24.4 Å². The zero-order valence-electron chi connectivity index (χ0n) is 10.3. The summed E-state index contributed by atoms with van der Waals surface area (Å²) >= 11 is 0. The first-order chi connectivity index (χ1) is 7.34. The Hall–Kier alpha value is -1.42. The van der Waals surface area contributed by atoms with E-state index in [9.17, 15) is 4.79 Å². The normalized spacial score (nSPS) is 13.3. The van der Waals surface area contributed by atoms with E-state index < -0.39 is 6.04 Å². The van der Waals surface area contributed by atoms with Gasteiger partial charge in [0.2, 0.25) is 5.91 Å². The molecule has 2 N–H and O–H groups in total. The lowest BCUT2D eigenvalue weighted by Crippen LogP contribution is -2.49. The van der Waals surface area contributed by atoms with Crippen molar-refractivity contribution in [2.45, 2.75) is 26.8 Å². The summed E-state index contributed by atoms with van der Waals surface area (Å²) in [6.07, 6.45) is 1.65. The van der Waals surface area contributed by atoms with Gasteiger partial charge in [-0.2, -0.15) is 0 Å². The van der Waals surface area contributed by atoms with Crippen LogP contribution >= 0.6 is 0 Å². The molecule has 0 saturated carbocycles. The summed E-state index contributed by atoms with van der Waals surface area (Å²) in [5.41, 5.74) is 5.66. The molecule has 0 aromatic carbocycles. The number of aromatic nitrogens is 1. The number of hydrogen-bond acceptors (Lipinski definition) is 3. The van der Waals surface area contributed by atoms with Crippen LogP contribution in [0.5, 0.6) is 0 Å². The topological polar surface area (TPSA) is 59.2 Å². The molecule has 1 atom stereocenters. The fourth-order valence-corrected chi connectivity index (χ4v) is 1.24. The van der Waals surface area contributed by atoms with Gasteiger partial charge in [-0.25, -0.2) is 4.98 Å². The van der Waals surface area contributed by atoms with Crippen LogP contribution in [0.15, 0.2) is 24.4 Å². The zero-order chi connectivity index (χ0) is 12.3. The van der Waals surface area contributed by atoms with Crippen molar-refractivity contribution in [3.63, 3.8) is 0 Å². The Balaban J connectivity index is 2.84. The summed E-state index contributed by atoms with van der Waals surface area (Å²) in [6, 6.07) is 4.91. The van der Waals surface area contributed by atoms with E-state index in [0.29, 0.717) is 5.82 Å². The molecule has 0 aliphatic rings. The molecule has 1 rings (SSSR count). The van der Waals surface area contributed by atoms with Gasteiger partial charge < -0.3 is 5.73 Å². The van der Waals surface area contributed by atoms with Crippen molar-refractivity contribution >= 4 is 11.7 Å². The van der Waals surface area contributed by atoms with Gasteiger partial charge in [0.1, 0.15) is 5.82 Å². The number of likely N-dealkylation sites (N-methyl/N-ethyl adjacent to an activating group) is 1. The molecule has 0 fully saturated rings. The quantitative estimate of drug-likeness (QED) is 0.821. The predicted octanol–water partition coefficient (Wildman–Crippen LogP) is 1.42. The maximum atomic E-state index is 12.1. The van der Waals surface area contributed by atoms with Crippen LogP contribution in [0, 0.1) is 5.41 Å². The van der Waals surface area contributed by atoms with Crippen LogP contribution in [0.1, 0.15) is 20.8 Å². The van der Waals surface area contributed by atoms with Gasteiger partial charge in [0.15, 0.2) is 0 Å². The number of nitrogens with zero attached hydrogens (tertiary/aromatic N) is 2. The lowest BCUT2D eigenvalue weighted by atomic mass is 9.86. The lowest BCUT2D eigenvalue weighted by Gasteiger charge is -2.29. The van der Waals surface area contributed by atoms with Crippen LogP contribution in [-0.4, -0.2) is 24.0 Å². The molecular formula is C12H19N3O. The minimum Gasteiger partial charge on any atom is -0.319 e. The molecule has 0 bridgehead atoms.